The van der Waals surface area contributed by atoms with Crippen molar-refractivity contribution in [3.05, 3.63) is 250 Å². The van der Waals surface area contributed by atoms with E-state index in [-0.39, 0.29) is 11.6 Å². The molecule has 0 saturated carbocycles. The number of anilines is 12. The second-order valence-electron chi connectivity index (χ2n) is 17.1. The lowest BCUT2D eigenvalue weighted by Gasteiger charge is -2.44. The van der Waals surface area contributed by atoms with Crippen molar-refractivity contribution in [1.29, 1.82) is 0 Å². The van der Waals surface area contributed by atoms with Crippen LogP contribution in [-0.2, 0) is 25.7 Å². The van der Waals surface area contributed by atoms with Crippen molar-refractivity contribution in [3.63, 3.8) is 0 Å². The molecule has 9 aromatic carbocycles. The van der Waals surface area contributed by atoms with E-state index in [2.05, 4.69) is 129 Å². The molecular weight excluding hydrogens is 791 g/mol. The van der Waals surface area contributed by atoms with E-state index in [0.717, 1.165) is 48.4 Å². The van der Waals surface area contributed by atoms with Crippen molar-refractivity contribution in [2.75, 3.05) is 19.6 Å². The lowest BCUT2D eigenvalue weighted by molar-refractivity contribution is 0.628. The number of halogens is 2. The van der Waals surface area contributed by atoms with Crippen LogP contribution in [0.1, 0.15) is 44.5 Å². The average molecular weight is 831 g/mol. The zero-order valence-electron chi connectivity index (χ0n) is 34.8. The van der Waals surface area contributed by atoms with Gasteiger partial charge in [0.1, 0.15) is 11.6 Å². The Bertz CT molecular complexity index is 3120. The van der Waals surface area contributed by atoms with Crippen molar-refractivity contribution < 1.29 is 8.78 Å². The van der Waals surface area contributed by atoms with Gasteiger partial charge in [-0.2, -0.15) is 0 Å². The highest BCUT2D eigenvalue weighted by atomic mass is 19.1. The van der Waals surface area contributed by atoms with Crippen LogP contribution in [0.2, 0.25) is 0 Å². The van der Waals surface area contributed by atoms with Gasteiger partial charge >= 0.3 is 0 Å². The summed E-state index contributed by atoms with van der Waals surface area (Å²) in [6, 6.07) is 65.6. The number of fused-ring (bicyclic) bond motifs is 8. The van der Waals surface area contributed by atoms with Crippen molar-refractivity contribution in [2.24, 2.45) is 0 Å². The van der Waals surface area contributed by atoms with Gasteiger partial charge in [-0.15, -0.1) is 0 Å². The number of rotatable bonds is 6. The zero-order chi connectivity index (χ0) is 42.5. The Morgan fingerprint density at radius 3 is 1.14 bits per heavy atom. The average Bonchev–Trinajstić information content (AvgIpc) is 3.34. The molecular formula is C58H40F2N4. The molecule has 0 bridgehead atoms. The van der Waals surface area contributed by atoms with Gasteiger partial charge in [-0.25, -0.2) is 8.78 Å². The molecule has 4 heterocycles. The third-order valence-electron chi connectivity index (χ3n) is 13.6. The minimum absolute atomic E-state index is 0.267. The molecule has 0 spiro atoms. The van der Waals surface area contributed by atoms with Gasteiger partial charge < -0.3 is 19.6 Å². The van der Waals surface area contributed by atoms with E-state index in [1.165, 1.54) is 78.6 Å². The van der Waals surface area contributed by atoms with Crippen LogP contribution in [0.4, 0.5) is 77.0 Å². The topological polar surface area (TPSA) is 13.0 Å². The maximum absolute atomic E-state index is 15.9. The Morgan fingerprint density at radius 2 is 0.703 bits per heavy atom. The summed E-state index contributed by atoms with van der Waals surface area (Å²) in [7, 11) is 0. The van der Waals surface area contributed by atoms with Gasteiger partial charge in [-0.3, -0.25) is 0 Å². The highest BCUT2D eigenvalue weighted by Crippen LogP contribution is 2.59. The summed E-state index contributed by atoms with van der Waals surface area (Å²) in [6.07, 6.45) is 2.94. The molecule has 0 fully saturated rings. The largest absolute Gasteiger partial charge is 0.309 e. The minimum Gasteiger partial charge on any atom is -0.309 e. The molecule has 4 nitrogen and oxygen atoms in total. The van der Waals surface area contributed by atoms with Crippen LogP contribution >= 0.6 is 0 Å². The smallest absolute Gasteiger partial charge is 0.147 e. The summed E-state index contributed by atoms with van der Waals surface area (Å²) in [5, 5.41) is 0. The number of hydrogen-bond acceptors (Lipinski definition) is 4. The summed E-state index contributed by atoms with van der Waals surface area (Å²) in [6.45, 7) is 0. The molecule has 9 aromatic rings. The van der Waals surface area contributed by atoms with Crippen LogP contribution < -0.4 is 19.6 Å². The van der Waals surface area contributed by atoms with Crippen molar-refractivity contribution in [2.45, 2.75) is 25.7 Å². The van der Waals surface area contributed by atoms with Gasteiger partial charge in [0.05, 0.1) is 45.5 Å². The van der Waals surface area contributed by atoms with Gasteiger partial charge in [0, 0.05) is 59.6 Å². The van der Waals surface area contributed by atoms with E-state index in [1.54, 1.807) is 24.3 Å². The molecule has 4 aliphatic rings. The Balaban J connectivity index is 1.00. The normalized spacial score (nSPS) is 13.5. The van der Waals surface area contributed by atoms with E-state index in [0.29, 0.717) is 11.4 Å². The molecule has 6 heteroatoms. The number of para-hydroxylation sites is 6. The molecule has 0 N–H and O–H groups in total. The van der Waals surface area contributed by atoms with Gasteiger partial charge in [0.2, 0.25) is 0 Å². The lowest BCUT2D eigenvalue weighted by atomic mass is 9.81. The van der Waals surface area contributed by atoms with Crippen LogP contribution in [0.15, 0.2) is 194 Å². The quantitative estimate of drug-likeness (QED) is 0.165. The SMILES string of the molecule is Fc1ccccc1N(c1ccccc1)c1ccc2c3c1Cc1ccccc1N3c1cc3c(cc1C2)N1c2ccccc2Cc2c(N(c4ccccc4)c4ccccc4F)ccc(c21)C3. The van der Waals surface area contributed by atoms with E-state index in [4.69, 9.17) is 0 Å². The predicted octanol–water partition coefficient (Wildman–Crippen LogP) is 15.5. The fourth-order valence-electron chi connectivity index (χ4n) is 10.8. The van der Waals surface area contributed by atoms with E-state index in [9.17, 15) is 0 Å². The van der Waals surface area contributed by atoms with Crippen molar-refractivity contribution in [1.82, 2.24) is 0 Å². The molecule has 306 valence electrons. The van der Waals surface area contributed by atoms with E-state index >= 15 is 8.78 Å². The first-order valence-corrected chi connectivity index (χ1v) is 22.0. The molecule has 0 saturated heterocycles. The minimum atomic E-state index is -0.267. The molecule has 0 aromatic heterocycles. The highest BCUT2D eigenvalue weighted by molar-refractivity contribution is 5.98. The second kappa shape index (κ2) is 14.3. The summed E-state index contributed by atoms with van der Waals surface area (Å²) in [5.74, 6) is -0.535. The van der Waals surface area contributed by atoms with Crippen molar-refractivity contribution in [3.8, 4) is 0 Å². The molecule has 4 aliphatic heterocycles. The third-order valence-corrected chi connectivity index (χ3v) is 13.6. The second-order valence-corrected chi connectivity index (χ2v) is 17.1. The van der Waals surface area contributed by atoms with Crippen LogP contribution in [0.3, 0.4) is 0 Å². The third kappa shape index (κ3) is 5.51. The molecule has 0 atom stereocenters. The Labute approximate surface area is 371 Å². The maximum atomic E-state index is 15.9. The van der Waals surface area contributed by atoms with Gasteiger partial charge in [-0.05, 0) is 118 Å². The van der Waals surface area contributed by atoms with Gasteiger partial charge in [-0.1, -0.05) is 109 Å². The summed E-state index contributed by atoms with van der Waals surface area (Å²) in [5.41, 5.74) is 21.6. The first-order valence-electron chi connectivity index (χ1n) is 22.0. The molecule has 0 aliphatic carbocycles. The Hall–Kier alpha value is -7.96. The standard InChI is InChI=1S/C58H40F2N4/c59-47-21-9-13-25-53(47)61(43-17-3-1-4-18-43)51-29-27-39-31-41-36-56-42(35-55(41)63-49-23-11-7-15-37(49)33-45(51)57(39)63)32-40-28-30-52(46-34-38-16-8-12-24-50(38)64(56)58(40)46)62(44-19-5-2-6-20-44)54-26-14-10-22-48(54)60/h1-30,35-36H,31-34H2. The molecule has 64 heavy (non-hydrogen) atoms. The number of hydrogen-bond donors (Lipinski definition) is 0. The van der Waals surface area contributed by atoms with Crippen LogP contribution in [0, 0.1) is 11.6 Å². The van der Waals surface area contributed by atoms with Crippen molar-refractivity contribution >= 4 is 68.2 Å². The van der Waals surface area contributed by atoms with Gasteiger partial charge in [0.25, 0.3) is 0 Å². The fraction of sp³-hybridized carbons (Fsp3) is 0.0690. The zero-order valence-corrected chi connectivity index (χ0v) is 34.8. The Morgan fingerprint density at radius 1 is 0.312 bits per heavy atom. The van der Waals surface area contributed by atoms with Crippen LogP contribution in [0.25, 0.3) is 0 Å². The lowest BCUT2D eigenvalue weighted by Crippen LogP contribution is -2.29. The Kier molecular flexibility index (Phi) is 8.19. The fourth-order valence-corrected chi connectivity index (χ4v) is 10.8. The highest BCUT2D eigenvalue weighted by Gasteiger charge is 2.39. The number of nitrogens with zero attached hydrogens (tertiary/aromatic N) is 4. The predicted molar refractivity (Wildman–Crippen MR) is 256 cm³/mol. The first-order chi connectivity index (χ1) is 31.6. The van der Waals surface area contributed by atoms with E-state index in [1.807, 2.05) is 60.7 Å². The molecule has 0 unspecified atom stereocenters. The summed E-state index contributed by atoms with van der Waals surface area (Å²) >= 11 is 0. The molecule has 0 amide bonds. The number of benzene rings is 9. The maximum Gasteiger partial charge on any atom is 0.147 e. The monoisotopic (exact) mass is 830 g/mol. The van der Waals surface area contributed by atoms with Gasteiger partial charge in [0.15, 0.2) is 0 Å². The summed E-state index contributed by atoms with van der Waals surface area (Å²) < 4.78 is 31.8. The summed E-state index contributed by atoms with van der Waals surface area (Å²) in [4.78, 5) is 9.14. The molecule has 13 rings (SSSR count). The van der Waals surface area contributed by atoms with Crippen LogP contribution in [-0.4, -0.2) is 0 Å². The first kappa shape index (κ1) is 36.7. The van der Waals surface area contributed by atoms with E-state index < -0.39 is 0 Å². The van der Waals surface area contributed by atoms with Crippen LogP contribution in [0.5, 0.6) is 0 Å². The molecule has 0 radical (unpaired) electrons.